The summed E-state index contributed by atoms with van der Waals surface area (Å²) in [6.45, 7) is 3.77. The zero-order valence-corrected chi connectivity index (χ0v) is 12.0. The van der Waals surface area contributed by atoms with Gasteiger partial charge in [-0.25, -0.2) is 9.97 Å². The number of fused-ring (bicyclic) bond motifs is 1. The molecule has 7 heteroatoms. The summed E-state index contributed by atoms with van der Waals surface area (Å²) in [6.07, 6.45) is 1.81. The maximum atomic E-state index is 5.80. The number of rotatable bonds is 3. The van der Waals surface area contributed by atoms with Crippen LogP contribution < -0.4 is 15.4 Å². The van der Waals surface area contributed by atoms with Gasteiger partial charge >= 0.3 is 0 Å². The van der Waals surface area contributed by atoms with Crippen LogP contribution in [0.25, 0.3) is 10.2 Å². The molecular weight excluding hydrogens is 264 g/mol. The van der Waals surface area contributed by atoms with E-state index in [1.165, 1.54) is 11.3 Å². The number of methoxy groups -OCH3 is 2. The molecule has 0 amide bonds. The van der Waals surface area contributed by atoms with E-state index in [4.69, 9.17) is 15.2 Å². The lowest BCUT2D eigenvalue weighted by Gasteiger charge is -2.48. The highest BCUT2D eigenvalue weighted by atomic mass is 32.1. The van der Waals surface area contributed by atoms with Crippen molar-refractivity contribution in [1.29, 1.82) is 0 Å². The van der Waals surface area contributed by atoms with Crippen molar-refractivity contribution in [3.63, 3.8) is 0 Å². The fourth-order valence-electron chi connectivity index (χ4n) is 2.33. The van der Waals surface area contributed by atoms with Gasteiger partial charge in [0, 0.05) is 20.2 Å². The molecule has 1 fully saturated rings. The van der Waals surface area contributed by atoms with Gasteiger partial charge in [0.2, 0.25) is 5.88 Å². The van der Waals surface area contributed by atoms with Crippen LogP contribution in [0.2, 0.25) is 0 Å². The number of nitrogens with zero attached hydrogens (tertiary/aromatic N) is 3. The van der Waals surface area contributed by atoms with Crippen molar-refractivity contribution in [1.82, 2.24) is 9.97 Å². The minimum absolute atomic E-state index is 0.0809. The van der Waals surface area contributed by atoms with E-state index in [0.29, 0.717) is 11.0 Å². The molecule has 0 aromatic carbocycles. The summed E-state index contributed by atoms with van der Waals surface area (Å²) >= 11 is 1.46. The summed E-state index contributed by atoms with van der Waals surface area (Å²) in [5.74, 6) is 0.515. The van der Waals surface area contributed by atoms with Crippen LogP contribution in [0.1, 0.15) is 6.92 Å². The third-order valence-corrected chi connectivity index (χ3v) is 4.37. The molecule has 3 rings (SSSR count). The van der Waals surface area contributed by atoms with Crippen molar-refractivity contribution in [2.75, 3.05) is 37.9 Å². The minimum Gasteiger partial charge on any atom is -0.479 e. The Morgan fingerprint density at radius 2 is 2.16 bits per heavy atom. The number of pyridine rings is 1. The predicted octanol–water partition coefficient (Wildman–Crippen LogP) is 1.51. The molecule has 2 aromatic heterocycles. The molecule has 1 saturated heterocycles. The Labute approximate surface area is 115 Å². The summed E-state index contributed by atoms with van der Waals surface area (Å²) in [5, 5.41) is 0.526. The van der Waals surface area contributed by atoms with Gasteiger partial charge in [0.25, 0.3) is 0 Å². The molecule has 102 valence electrons. The van der Waals surface area contributed by atoms with E-state index >= 15 is 0 Å². The Balaban J connectivity index is 2.02. The Kier molecular flexibility index (Phi) is 2.75. The smallest absolute Gasteiger partial charge is 0.241 e. The van der Waals surface area contributed by atoms with Crippen LogP contribution in [-0.2, 0) is 4.74 Å². The van der Waals surface area contributed by atoms with Gasteiger partial charge < -0.3 is 20.1 Å². The average molecular weight is 280 g/mol. The van der Waals surface area contributed by atoms with Gasteiger partial charge in [-0.2, -0.15) is 0 Å². The molecule has 1 aliphatic rings. The molecule has 0 unspecified atom stereocenters. The van der Waals surface area contributed by atoms with Gasteiger partial charge in [0.15, 0.2) is 5.13 Å². The zero-order chi connectivity index (χ0) is 13.6. The van der Waals surface area contributed by atoms with Gasteiger partial charge in [-0.3, -0.25) is 0 Å². The maximum Gasteiger partial charge on any atom is 0.241 e. The van der Waals surface area contributed by atoms with Crippen molar-refractivity contribution in [3.8, 4) is 5.88 Å². The van der Waals surface area contributed by atoms with E-state index in [9.17, 15) is 0 Å². The lowest BCUT2D eigenvalue weighted by Crippen LogP contribution is -2.61. The highest BCUT2D eigenvalue weighted by Crippen LogP contribution is 2.40. The van der Waals surface area contributed by atoms with Crippen molar-refractivity contribution >= 4 is 32.4 Å². The van der Waals surface area contributed by atoms with Crippen molar-refractivity contribution in [2.45, 2.75) is 12.5 Å². The Bertz CT molecular complexity index is 621. The fraction of sp³-hybridized carbons (Fsp3) is 0.500. The lowest BCUT2D eigenvalue weighted by molar-refractivity contribution is -0.0166. The second-order valence-electron chi connectivity index (χ2n) is 4.89. The molecule has 3 heterocycles. The number of anilines is 2. The molecule has 0 atom stereocenters. The number of aromatic nitrogens is 2. The number of hydrogen-bond donors (Lipinski definition) is 1. The summed E-state index contributed by atoms with van der Waals surface area (Å²) in [5.41, 5.74) is 7.49. The van der Waals surface area contributed by atoms with E-state index < -0.39 is 0 Å². The van der Waals surface area contributed by atoms with Gasteiger partial charge in [0.1, 0.15) is 5.52 Å². The first-order valence-corrected chi connectivity index (χ1v) is 6.77. The predicted molar refractivity (Wildman–Crippen MR) is 76.0 cm³/mol. The summed E-state index contributed by atoms with van der Waals surface area (Å²) in [6, 6.07) is 0. The number of nitrogen functional groups attached to an aromatic ring is 1. The Morgan fingerprint density at radius 1 is 1.42 bits per heavy atom. The largest absolute Gasteiger partial charge is 0.479 e. The standard InChI is InChI=1S/C12H16N4O2S/c1-12(18-3)5-16(6-12)7-4-14-10(17-2)8-9(7)19-11(13)15-8/h4H,5-6H2,1-3H3,(H2,13,15). The number of nitrogens with two attached hydrogens (primary N) is 1. The van der Waals surface area contributed by atoms with Crippen LogP contribution in [0.5, 0.6) is 5.88 Å². The van der Waals surface area contributed by atoms with E-state index in [1.807, 2.05) is 6.20 Å². The summed E-state index contributed by atoms with van der Waals surface area (Å²) in [7, 11) is 3.33. The van der Waals surface area contributed by atoms with Crippen LogP contribution >= 0.6 is 11.3 Å². The SMILES string of the molecule is COc1ncc(N2CC(C)(OC)C2)c2sc(N)nc12. The summed E-state index contributed by atoms with van der Waals surface area (Å²) < 4.78 is 11.7. The molecule has 6 nitrogen and oxygen atoms in total. The first-order valence-electron chi connectivity index (χ1n) is 5.95. The summed E-state index contributed by atoms with van der Waals surface area (Å²) in [4.78, 5) is 10.8. The van der Waals surface area contributed by atoms with E-state index in [0.717, 1.165) is 29.0 Å². The van der Waals surface area contributed by atoms with Crippen LogP contribution in [0.4, 0.5) is 10.8 Å². The molecule has 0 aliphatic carbocycles. The van der Waals surface area contributed by atoms with Gasteiger partial charge in [-0.15, -0.1) is 0 Å². The normalized spacial score (nSPS) is 17.5. The Morgan fingerprint density at radius 3 is 2.79 bits per heavy atom. The van der Waals surface area contributed by atoms with Gasteiger partial charge in [0.05, 0.1) is 29.3 Å². The van der Waals surface area contributed by atoms with Crippen LogP contribution in [0, 0.1) is 0 Å². The minimum atomic E-state index is -0.0809. The van der Waals surface area contributed by atoms with Crippen LogP contribution in [0.15, 0.2) is 6.20 Å². The second-order valence-corrected chi connectivity index (χ2v) is 5.92. The first-order chi connectivity index (χ1) is 9.06. The molecule has 0 spiro atoms. The first kappa shape index (κ1) is 12.4. The second kappa shape index (κ2) is 4.21. The third kappa shape index (κ3) is 1.89. The molecule has 0 saturated carbocycles. The highest BCUT2D eigenvalue weighted by molar-refractivity contribution is 7.22. The average Bonchev–Trinajstić information content (AvgIpc) is 2.75. The number of hydrogen-bond acceptors (Lipinski definition) is 7. The molecule has 2 N–H and O–H groups in total. The molecule has 2 aromatic rings. The van der Waals surface area contributed by atoms with Crippen LogP contribution in [-0.4, -0.2) is 42.9 Å². The van der Waals surface area contributed by atoms with E-state index in [1.54, 1.807) is 14.2 Å². The third-order valence-electron chi connectivity index (χ3n) is 3.46. The van der Waals surface area contributed by atoms with Gasteiger partial charge in [-0.1, -0.05) is 11.3 Å². The highest BCUT2D eigenvalue weighted by Gasteiger charge is 2.40. The number of ether oxygens (including phenoxy) is 2. The molecule has 0 radical (unpaired) electrons. The van der Waals surface area contributed by atoms with E-state index in [-0.39, 0.29) is 5.60 Å². The lowest BCUT2D eigenvalue weighted by atomic mass is 9.96. The quantitative estimate of drug-likeness (QED) is 0.918. The van der Waals surface area contributed by atoms with E-state index in [2.05, 4.69) is 21.8 Å². The molecule has 1 aliphatic heterocycles. The topological polar surface area (TPSA) is 73.5 Å². The van der Waals surface area contributed by atoms with Crippen molar-refractivity contribution in [3.05, 3.63) is 6.20 Å². The maximum absolute atomic E-state index is 5.80. The zero-order valence-electron chi connectivity index (χ0n) is 11.1. The monoisotopic (exact) mass is 280 g/mol. The van der Waals surface area contributed by atoms with Gasteiger partial charge in [-0.05, 0) is 6.92 Å². The molecule has 19 heavy (non-hydrogen) atoms. The van der Waals surface area contributed by atoms with Crippen molar-refractivity contribution in [2.24, 2.45) is 0 Å². The number of thiazole rings is 1. The van der Waals surface area contributed by atoms with Crippen molar-refractivity contribution < 1.29 is 9.47 Å². The fourth-order valence-corrected chi connectivity index (χ4v) is 3.19. The molecule has 0 bridgehead atoms. The molecular formula is C12H16N4O2S. The Hall–Kier alpha value is -1.60. The van der Waals surface area contributed by atoms with Crippen LogP contribution in [0.3, 0.4) is 0 Å².